The van der Waals surface area contributed by atoms with Gasteiger partial charge >= 0.3 is 0 Å². The molecule has 0 aliphatic carbocycles. The van der Waals surface area contributed by atoms with Gasteiger partial charge in [-0.1, -0.05) is 79.7 Å². The van der Waals surface area contributed by atoms with E-state index >= 15 is 0 Å². The van der Waals surface area contributed by atoms with Crippen LogP contribution >= 0.6 is 22.7 Å². The first-order chi connectivity index (χ1) is 17.7. The molecule has 0 saturated carbocycles. The summed E-state index contributed by atoms with van der Waals surface area (Å²) in [5, 5.41) is 5.27. The van der Waals surface area contributed by atoms with Crippen molar-refractivity contribution in [2.75, 3.05) is 18.4 Å². The molecule has 0 spiro atoms. The number of thiazole rings is 1. The summed E-state index contributed by atoms with van der Waals surface area (Å²) in [7, 11) is 0. The Kier molecular flexibility index (Phi) is 6.40. The van der Waals surface area contributed by atoms with Crippen LogP contribution in [0.4, 0.5) is 5.00 Å². The van der Waals surface area contributed by atoms with Gasteiger partial charge in [-0.3, -0.25) is 9.69 Å². The van der Waals surface area contributed by atoms with E-state index in [0.29, 0.717) is 0 Å². The largest absolute Gasteiger partial charge is 0.316 e. The standard InChI is InChI=1S/C30H27N3OS2/c1-2-33-18-17-22-25(19-33)36-30(27(22)29-31-23-15-9-10-16-24(23)35-29)32-28(34)26(20-11-5-3-6-12-20)21-13-7-4-8-14-21/h3-16,26H,2,17-19H2,1H3,(H,32,34). The number of thiophene rings is 1. The van der Waals surface area contributed by atoms with Crippen molar-refractivity contribution in [1.29, 1.82) is 0 Å². The number of hydrogen-bond acceptors (Lipinski definition) is 5. The number of likely N-dealkylation sites (N-methyl/N-ethyl adjacent to an activating group) is 1. The molecule has 6 heteroatoms. The number of anilines is 1. The van der Waals surface area contributed by atoms with Crippen LogP contribution in [0, 0.1) is 0 Å². The van der Waals surface area contributed by atoms with Crippen LogP contribution < -0.4 is 5.32 Å². The van der Waals surface area contributed by atoms with Crippen LogP contribution in [-0.4, -0.2) is 28.9 Å². The van der Waals surface area contributed by atoms with Crippen molar-refractivity contribution >= 4 is 43.8 Å². The predicted octanol–water partition coefficient (Wildman–Crippen LogP) is 7.17. The number of nitrogens with one attached hydrogen (secondary N) is 1. The second-order valence-corrected chi connectivity index (χ2v) is 11.2. The van der Waals surface area contributed by atoms with Crippen molar-refractivity contribution in [3.05, 3.63) is 106 Å². The molecule has 1 amide bonds. The highest BCUT2D eigenvalue weighted by atomic mass is 32.1. The topological polar surface area (TPSA) is 45.2 Å². The molecule has 1 N–H and O–H groups in total. The Balaban J connectivity index is 1.43. The minimum Gasteiger partial charge on any atom is -0.316 e. The SMILES string of the molecule is CCN1CCc2c(sc(NC(=O)C(c3ccccc3)c3ccccc3)c2-c2nc3ccccc3s2)C1. The molecule has 2 aromatic heterocycles. The van der Waals surface area contributed by atoms with Gasteiger partial charge in [-0.05, 0) is 41.8 Å². The molecule has 4 nitrogen and oxygen atoms in total. The van der Waals surface area contributed by atoms with Gasteiger partial charge in [0.1, 0.15) is 10.0 Å². The normalized spacial score (nSPS) is 13.7. The molecule has 0 unspecified atom stereocenters. The van der Waals surface area contributed by atoms with E-state index in [1.165, 1.54) is 15.1 Å². The van der Waals surface area contributed by atoms with Crippen molar-refractivity contribution in [1.82, 2.24) is 9.88 Å². The van der Waals surface area contributed by atoms with Crippen molar-refractivity contribution in [3.8, 4) is 10.6 Å². The summed E-state index contributed by atoms with van der Waals surface area (Å²) >= 11 is 3.42. The molecule has 180 valence electrons. The molecule has 0 fully saturated rings. The first-order valence-corrected chi connectivity index (χ1v) is 14.0. The Morgan fingerprint density at radius 2 is 1.61 bits per heavy atom. The van der Waals surface area contributed by atoms with Crippen LogP contribution in [0.15, 0.2) is 84.9 Å². The van der Waals surface area contributed by atoms with E-state index in [4.69, 9.17) is 4.98 Å². The molecule has 6 rings (SSSR count). The number of fused-ring (bicyclic) bond motifs is 2. The first-order valence-electron chi connectivity index (χ1n) is 12.3. The van der Waals surface area contributed by atoms with E-state index < -0.39 is 0 Å². The second kappa shape index (κ2) is 9.97. The zero-order chi connectivity index (χ0) is 24.5. The number of rotatable bonds is 6. The number of amides is 1. The summed E-state index contributed by atoms with van der Waals surface area (Å²) in [6, 6.07) is 28.3. The average Bonchev–Trinajstić information content (AvgIpc) is 3.50. The number of para-hydroxylation sites is 1. The average molecular weight is 510 g/mol. The Morgan fingerprint density at radius 1 is 0.944 bits per heavy atom. The van der Waals surface area contributed by atoms with Crippen LogP contribution in [0.3, 0.4) is 0 Å². The van der Waals surface area contributed by atoms with Gasteiger partial charge in [-0.2, -0.15) is 0 Å². The first kappa shape index (κ1) is 23.1. The number of aromatic nitrogens is 1. The third kappa shape index (κ3) is 4.37. The van der Waals surface area contributed by atoms with Gasteiger partial charge in [0.05, 0.1) is 16.1 Å². The number of nitrogens with zero attached hydrogens (tertiary/aromatic N) is 2. The van der Waals surface area contributed by atoms with E-state index in [2.05, 4.69) is 35.3 Å². The Labute approximate surface area is 219 Å². The molecule has 1 aliphatic rings. The zero-order valence-electron chi connectivity index (χ0n) is 20.1. The maximum Gasteiger partial charge on any atom is 0.237 e. The lowest BCUT2D eigenvalue weighted by Gasteiger charge is -2.25. The van der Waals surface area contributed by atoms with Crippen molar-refractivity contribution in [2.45, 2.75) is 25.8 Å². The van der Waals surface area contributed by atoms with E-state index in [9.17, 15) is 4.79 Å². The quantitative estimate of drug-likeness (QED) is 0.264. The van der Waals surface area contributed by atoms with E-state index in [1.54, 1.807) is 22.7 Å². The zero-order valence-corrected chi connectivity index (χ0v) is 21.7. The second-order valence-electron chi connectivity index (χ2n) is 9.06. The monoisotopic (exact) mass is 509 g/mol. The third-order valence-electron chi connectivity index (χ3n) is 6.86. The summed E-state index contributed by atoms with van der Waals surface area (Å²) in [6.45, 7) is 5.19. The number of carbonyl (C=O) groups excluding carboxylic acids is 1. The Bertz CT molecular complexity index is 1440. The van der Waals surface area contributed by atoms with Gasteiger partial charge in [0.25, 0.3) is 0 Å². The molecular formula is C30H27N3OS2. The van der Waals surface area contributed by atoms with Crippen LogP contribution in [0.1, 0.15) is 34.4 Å². The van der Waals surface area contributed by atoms with Crippen LogP contribution in [0.2, 0.25) is 0 Å². The lowest BCUT2D eigenvalue weighted by atomic mass is 9.90. The summed E-state index contributed by atoms with van der Waals surface area (Å²) in [5.74, 6) is -0.400. The highest BCUT2D eigenvalue weighted by Crippen LogP contribution is 2.46. The lowest BCUT2D eigenvalue weighted by Crippen LogP contribution is -2.29. The van der Waals surface area contributed by atoms with Gasteiger partial charge in [-0.25, -0.2) is 4.98 Å². The third-order valence-corrected chi connectivity index (χ3v) is 9.04. The number of benzene rings is 3. The fraction of sp³-hybridized carbons (Fsp3) is 0.200. The highest BCUT2D eigenvalue weighted by molar-refractivity contribution is 7.22. The molecule has 1 aliphatic heterocycles. The van der Waals surface area contributed by atoms with E-state index in [-0.39, 0.29) is 11.8 Å². The fourth-order valence-corrected chi connectivity index (χ4v) is 7.39. The summed E-state index contributed by atoms with van der Waals surface area (Å²) in [6.07, 6.45) is 0.974. The maximum absolute atomic E-state index is 14.0. The van der Waals surface area contributed by atoms with Crippen molar-refractivity contribution in [3.63, 3.8) is 0 Å². The molecule has 36 heavy (non-hydrogen) atoms. The lowest BCUT2D eigenvalue weighted by molar-refractivity contribution is -0.116. The van der Waals surface area contributed by atoms with Gasteiger partial charge in [0.2, 0.25) is 5.91 Å². The van der Waals surface area contributed by atoms with Crippen molar-refractivity contribution in [2.24, 2.45) is 0 Å². The molecule has 0 saturated heterocycles. The van der Waals surface area contributed by atoms with Gasteiger partial charge in [0, 0.05) is 23.5 Å². The van der Waals surface area contributed by atoms with Crippen molar-refractivity contribution < 1.29 is 4.79 Å². The molecule has 0 bridgehead atoms. The number of carbonyl (C=O) groups is 1. The van der Waals surface area contributed by atoms with Crippen LogP contribution in [0.5, 0.6) is 0 Å². The smallest absolute Gasteiger partial charge is 0.237 e. The maximum atomic E-state index is 14.0. The summed E-state index contributed by atoms with van der Waals surface area (Å²) < 4.78 is 1.17. The molecule has 3 aromatic carbocycles. The molecule has 0 radical (unpaired) electrons. The Hall–Kier alpha value is -3.32. The highest BCUT2D eigenvalue weighted by Gasteiger charge is 2.29. The summed E-state index contributed by atoms with van der Waals surface area (Å²) in [5.41, 5.74) is 5.44. The van der Waals surface area contributed by atoms with E-state index in [0.717, 1.165) is 58.3 Å². The van der Waals surface area contributed by atoms with Gasteiger partial charge < -0.3 is 5.32 Å². The molecule has 0 atom stereocenters. The van der Waals surface area contributed by atoms with E-state index in [1.807, 2.05) is 66.7 Å². The Morgan fingerprint density at radius 3 is 2.28 bits per heavy atom. The van der Waals surface area contributed by atoms with Crippen LogP contribution in [0.25, 0.3) is 20.8 Å². The van der Waals surface area contributed by atoms with Crippen LogP contribution in [-0.2, 0) is 17.8 Å². The van der Waals surface area contributed by atoms with Gasteiger partial charge in [-0.15, -0.1) is 22.7 Å². The molecule has 5 aromatic rings. The minimum atomic E-state index is -0.387. The number of hydrogen-bond donors (Lipinski definition) is 1. The molecular weight excluding hydrogens is 482 g/mol. The minimum absolute atomic E-state index is 0.0132. The predicted molar refractivity (Wildman–Crippen MR) is 151 cm³/mol. The fourth-order valence-electron chi connectivity index (χ4n) is 4.99. The summed E-state index contributed by atoms with van der Waals surface area (Å²) in [4.78, 5) is 22.8. The van der Waals surface area contributed by atoms with Gasteiger partial charge in [0.15, 0.2) is 0 Å². The molecule has 3 heterocycles.